The fourth-order valence-electron chi connectivity index (χ4n) is 0.879. The molecule has 0 radical (unpaired) electrons. The molecule has 0 spiro atoms. The van der Waals surface area contributed by atoms with Crippen LogP contribution in [0.2, 0.25) is 0 Å². The van der Waals surface area contributed by atoms with Gasteiger partial charge in [-0.15, -0.1) is 13.1 Å². The summed E-state index contributed by atoms with van der Waals surface area (Å²) in [5, 5.41) is 12.5. The second-order valence-corrected chi connectivity index (χ2v) is 5.40. The van der Waals surface area contributed by atoms with E-state index >= 15 is 0 Å². The van der Waals surface area contributed by atoms with E-state index in [1.54, 1.807) is 0 Å². The summed E-state index contributed by atoms with van der Waals surface area (Å²) >= 11 is -0.472. The van der Waals surface area contributed by atoms with Crippen LogP contribution in [0.1, 0.15) is 12.8 Å². The average Bonchev–Trinajstić information content (AvgIpc) is 2.23. The molecule has 13 heavy (non-hydrogen) atoms. The monoisotopic (exact) mass is 402 g/mol. The van der Waals surface area contributed by atoms with Gasteiger partial charge in [0.05, 0.1) is 6.07 Å². The Hall–Kier alpha value is 0.458. The van der Waals surface area contributed by atoms with E-state index in [0.29, 0.717) is 5.92 Å². The SMILES string of the molecule is N#CC1CC[N-]CC1.[C-]#[O+].[Cl][Pt][Cl]. The molecule has 0 amide bonds. The number of nitriles is 1. The predicted octanol–water partition coefficient (Wildman–Crippen LogP) is 2.63. The van der Waals surface area contributed by atoms with Crippen molar-refractivity contribution < 1.29 is 21.1 Å². The molecule has 0 N–H and O–H groups in total. The van der Waals surface area contributed by atoms with E-state index in [0.717, 1.165) is 25.9 Å². The van der Waals surface area contributed by atoms with Crippen molar-refractivity contribution in [3.05, 3.63) is 12.0 Å². The normalized spacial score (nSPS) is 15.6. The van der Waals surface area contributed by atoms with Gasteiger partial charge in [0, 0.05) is 5.92 Å². The van der Waals surface area contributed by atoms with Crippen LogP contribution in [0.5, 0.6) is 0 Å². The fourth-order valence-corrected chi connectivity index (χ4v) is 0.879. The molecular weight excluding hydrogens is 394 g/mol. The number of piperidine rings is 1. The molecule has 1 heterocycles. The van der Waals surface area contributed by atoms with Crippen LogP contribution in [-0.2, 0) is 21.1 Å². The van der Waals surface area contributed by atoms with Crippen molar-refractivity contribution in [1.29, 1.82) is 5.26 Å². The molecule has 78 valence electrons. The van der Waals surface area contributed by atoms with E-state index in [2.05, 4.69) is 18.0 Å². The first kappa shape index (κ1) is 15.9. The first-order chi connectivity index (χ1) is 6.35. The zero-order valence-electron chi connectivity index (χ0n) is 6.78. The van der Waals surface area contributed by atoms with Crippen LogP contribution in [0.15, 0.2) is 0 Å². The topological polar surface area (TPSA) is 57.8 Å². The van der Waals surface area contributed by atoms with Crippen molar-refractivity contribution in [2.75, 3.05) is 13.1 Å². The summed E-state index contributed by atoms with van der Waals surface area (Å²) in [5.41, 5.74) is 0. The summed E-state index contributed by atoms with van der Waals surface area (Å²) in [6, 6.07) is 2.24. The molecule has 0 unspecified atom stereocenters. The molecule has 0 aromatic heterocycles. The van der Waals surface area contributed by atoms with Crippen molar-refractivity contribution in [2.45, 2.75) is 12.8 Å². The summed E-state index contributed by atoms with van der Waals surface area (Å²) in [6.45, 7) is 6.30. The van der Waals surface area contributed by atoms with Gasteiger partial charge in [-0.05, 0) is 0 Å². The Bertz CT molecular complexity index is 154. The summed E-state index contributed by atoms with van der Waals surface area (Å²) in [5.74, 6) is 0.299. The van der Waals surface area contributed by atoms with E-state index in [-0.39, 0.29) is 0 Å². The Morgan fingerprint density at radius 2 is 1.77 bits per heavy atom. The summed E-state index contributed by atoms with van der Waals surface area (Å²) in [6.07, 6.45) is 1.97. The second-order valence-electron chi connectivity index (χ2n) is 2.12. The van der Waals surface area contributed by atoms with Crippen molar-refractivity contribution in [2.24, 2.45) is 5.92 Å². The number of nitrogens with zero attached hydrogens (tertiary/aromatic N) is 2. The van der Waals surface area contributed by atoms with E-state index in [1.807, 2.05) is 0 Å². The first-order valence-corrected chi connectivity index (χ1v) is 9.04. The third-order valence-corrected chi connectivity index (χ3v) is 1.45. The van der Waals surface area contributed by atoms with Crippen molar-refractivity contribution in [3.63, 3.8) is 0 Å². The maximum atomic E-state index is 8.40. The van der Waals surface area contributed by atoms with E-state index < -0.39 is 16.5 Å². The molecule has 0 bridgehead atoms. The van der Waals surface area contributed by atoms with Crippen LogP contribution in [0, 0.1) is 23.9 Å². The van der Waals surface area contributed by atoms with Crippen LogP contribution in [0.3, 0.4) is 0 Å². The quantitative estimate of drug-likeness (QED) is 0.453. The van der Waals surface area contributed by atoms with Gasteiger partial charge in [0.1, 0.15) is 0 Å². The molecule has 1 aliphatic rings. The molecule has 1 fully saturated rings. The van der Waals surface area contributed by atoms with Crippen LogP contribution in [0.25, 0.3) is 5.32 Å². The third kappa shape index (κ3) is 12.5. The van der Waals surface area contributed by atoms with Gasteiger partial charge in [-0.3, -0.25) is 0 Å². The summed E-state index contributed by atoms with van der Waals surface area (Å²) in [7, 11) is 9.75. The van der Waals surface area contributed by atoms with E-state index in [4.69, 9.17) is 28.8 Å². The Morgan fingerprint density at radius 1 is 1.38 bits per heavy atom. The zero-order chi connectivity index (χ0) is 10.5. The standard InChI is InChI=1S/C6H9N2.CO.2ClH.Pt/c7-5-6-1-3-8-4-2-6;1-2;;;/h6H,1-4H2;;2*1H;/q-1;;;;+2/p-2. The summed E-state index contributed by atoms with van der Waals surface area (Å²) < 4.78 is 7.50. The number of rotatable bonds is 0. The average molecular weight is 403 g/mol. The molecule has 0 aliphatic carbocycles. The maximum absolute atomic E-state index is 8.40. The van der Waals surface area contributed by atoms with Gasteiger partial charge in [0.25, 0.3) is 0 Å². The molecule has 1 aliphatic heterocycles. The Morgan fingerprint density at radius 3 is 2.00 bits per heavy atom. The number of halogens is 2. The van der Waals surface area contributed by atoms with Crippen molar-refractivity contribution in [3.8, 4) is 6.07 Å². The van der Waals surface area contributed by atoms with Gasteiger partial charge in [0.15, 0.2) is 0 Å². The van der Waals surface area contributed by atoms with Crippen molar-refractivity contribution >= 4 is 18.8 Å². The molecule has 1 saturated heterocycles. The van der Waals surface area contributed by atoms with E-state index in [1.165, 1.54) is 0 Å². The first-order valence-electron chi connectivity index (χ1n) is 3.40. The molecule has 6 heteroatoms. The molecule has 0 aromatic carbocycles. The van der Waals surface area contributed by atoms with Gasteiger partial charge in [-0.25, -0.2) is 0 Å². The molecule has 0 atom stereocenters. The van der Waals surface area contributed by atoms with Crippen molar-refractivity contribution in [1.82, 2.24) is 0 Å². The van der Waals surface area contributed by atoms with E-state index in [9.17, 15) is 0 Å². The van der Waals surface area contributed by atoms with Crippen LogP contribution in [-0.4, -0.2) is 13.1 Å². The Balaban J connectivity index is 0. The van der Waals surface area contributed by atoms with Gasteiger partial charge in [0.2, 0.25) is 0 Å². The van der Waals surface area contributed by atoms with Gasteiger partial charge in [-0.1, -0.05) is 12.8 Å². The number of hydrogen-bond donors (Lipinski definition) is 0. The van der Waals surface area contributed by atoms with Crippen LogP contribution in [0.4, 0.5) is 0 Å². The van der Waals surface area contributed by atoms with Crippen LogP contribution >= 0.6 is 18.8 Å². The number of hydrogen-bond acceptors (Lipinski definition) is 1. The molecule has 0 saturated carbocycles. The Kier molecular flexibility index (Phi) is 18.3. The zero-order valence-corrected chi connectivity index (χ0v) is 10.6. The molecular formula is C7H9Cl2N2OPt-. The molecule has 1 rings (SSSR count). The Labute approximate surface area is 94.9 Å². The minimum absolute atomic E-state index is 0.299. The second kappa shape index (κ2) is 15.0. The third-order valence-electron chi connectivity index (χ3n) is 1.45. The minimum atomic E-state index is -0.472. The van der Waals surface area contributed by atoms with Gasteiger partial charge < -0.3 is 5.32 Å². The molecule has 3 nitrogen and oxygen atoms in total. The predicted molar refractivity (Wildman–Crippen MR) is 47.1 cm³/mol. The van der Waals surface area contributed by atoms with Gasteiger partial charge in [-0.2, -0.15) is 5.26 Å². The fraction of sp³-hybridized carbons (Fsp3) is 0.714. The van der Waals surface area contributed by atoms with Crippen LogP contribution < -0.4 is 0 Å². The summed E-state index contributed by atoms with van der Waals surface area (Å²) in [4.78, 5) is 0. The molecule has 0 aromatic rings. The van der Waals surface area contributed by atoms with Gasteiger partial charge >= 0.3 is 46.6 Å².